The zero-order valence-corrected chi connectivity index (χ0v) is 28.4. The molecule has 2 N–H and O–H groups in total. The van der Waals surface area contributed by atoms with Crippen LogP contribution < -0.4 is 10.2 Å². The molecule has 286 valence electrons. The van der Waals surface area contributed by atoms with E-state index in [1.54, 1.807) is 16.8 Å². The number of imide groups is 2. The molecule has 2 saturated carbocycles. The Kier molecular flexibility index (Phi) is 9.27. The number of fused-ring (bicyclic) bond motifs is 1. The molecule has 1 aromatic carbocycles. The van der Waals surface area contributed by atoms with E-state index in [0.717, 1.165) is 36.3 Å². The molecule has 4 aliphatic heterocycles. The van der Waals surface area contributed by atoms with E-state index in [-0.39, 0.29) is 48.5 Å². The minimum atomic E-state index is -5.08. The third kappa shape index (κ3) is 6.74. The van der Waals surface area contributed by atoms with Gasteiger partial charge < -0.3 is 14.7 Å². The van der Waals surface area contributed by atoms with Gasteiger partial charge in [0.15, 0.2) is 5.82 Å². The van der Waals surface area contributed by atoms with E-state index in [0.29, 0.717) is 51.5 Å². The molecule has 2 aromatic rings. The molecule has 15 nitrogen and oxygen atoms in total. The van der Waals surface area contributed by atoms with Crippen LogP contribution in [0.5, 0.6) is 0 Å². The number of piperazine rings is 1. The van der Waals surface area contributed by atoms with Crippen molar-refractivity contribution in [1.82, 2.24) is 35.3 Å². The Labute approximate surface area is 298 Å². The molecule has 3 saturated heterocycles. The predicted molar refractivity (Wildman–Crippen MR) is 170 cm³/mol. The number of hydrogen-bond donors (Lipinski definition) is 2. The number of rotatable bonds is 5. The standard InChI is InChI=1S/C31H36F2N8O5.C2HF3O2/c32-31(33)10-6-19(7-11-31)41-28(35-36-37-41)30(17-29(46-18-30)8-1-9-29)39-14-12-38(13-15-39)20-2-3-21-22(16-20)27(45)40(26(21)44)23-4-5-24(42)34-25(23)43;3-2(4,5)1(6)7/h2-3,16,19,23H,1,4-15,17-18H2,(H,34,42,43);(H,6,7). The van der Waals surface area contributed by atoms with E-state index < -0.39 is 53.3 Å². The van der Waals surface area contributed by atoms with E-state index in [2.05, 4.69) is 30.6 Å². The molecule has 0 bridgehead atoms. The number of anilines is 1. The second-order valence-corrected chi connectivity index (χ2v) is 14.5. The van der Waals surface area contributed by atoms with E-state index in [4.69, 9.17) is 14.6 Å². The van der Waals surface area contributed by atoms with Gasteiger partial charge in [-0.2, -0.15) is 13.2 Å². The van der Waals surface area contributed by atoms with Crippen molar-refractivity contribution in [2.75, 3.05) is 37.7 Å². The van der Waals surface area contributed by atoms with Gasteiger partial charge in [-0.25, -0.2) is 18.3 Å². The first-order chi connectivity index (χ1) is 25.0. The summed E-state index contributed by atoms with van der Waals surface area (Å²) in [6, 6.07) is 3.98. The maximum atomic E-state index is 14.0. The molecule has 0 radical (unpaired) electrons. The number of carbonyl (C=O) groups excluding carboxylic acids is 4. The minimum absolute atomic E-state index is 0.0654. The number of hydrogen-bond acceptors (Lipinski definition) is 11. The first-order valence-electron chi connectivity index (χ1n) is 17.5. The first-order valence-corrected chi connectivity index (χ1v) is 17.5. The number of aromatic nitrogens is 4. The van der Waals surface area contributed by atoms with Crippen LogP contribution >= 0.6 is 0 Å². The van der Waals surface area contributed by atoms with Gasteiger partial charge in [0.1, 0.15) is 11.6 Å². The van der Waals surface area contributed by atoms with Crippen molar-refractivity contribution in [1.29, 1.82) is 0 Å². The number of benzene rings is 1. The Morgan fingerprint density at radius 2 is 1.60 bits per heavy atom. The lowest BCUT2D eigenvalue weighted by atomic mass is 9.73. The van der Waals surface area contributed by atoms with Crippen LogP contribution in [-0.2, 0) is 24.7 Å². The summed E-state index contributed by atoms with van der Waals surface area (Å²) in [5, 5.41) is 22.3. The van der Waals surface area contributed by atoms with Gasteiger partial charge in [-0.15, -0.1) is 5.10 Å². The largest absolute Gasteiger partial charge is 0.490 e. The van der Waals surface area contributed by atoms with E-state index in [1.807, 2.05) is 6.07 Å². The number of carboxylic acids is 1. The highest BCUT2D eigenvalue weighted by Crippen LogP contribution is 2.53. The van der Waals surface area contributed by atoms with Crippen LogP contribution in [0.4, 0.5) is 27.6 Å². The summed E-state index contributed by atoms with van der Waals surface area (Å²) >= 11 is 0. The van der Waals surface area contributed by atoms with Gasteiger partial charge in [-0.3, -0.25) is 34.3 Å². The zero-order valence-electron chi connectivity index (χ0n) is 28.4. The fraction of sp³-hybridized carbons (Fsp3) is 0.636. The summed E-state index contributed by atoms with van der Waals surface area (Å²) in [6.45, 7) is 3.00. The third-order valence-corrected chi connectivity index (χ3v) is 11.4. The number of aliphatic carboxylic acids is 1. The number of carboxylic acid groups (broad SMARTS) is 1. The molecule has 2 aliphatic carbocycles. The lowest BCUT2D eigenvalue weighted by Gasteiger charge is -2.46. The molecular formula is C33H37F5N8O7. The van der Waals surface area contributed by atoms with Gasteiger partial charge in [0, 0.05) is 57.5 Å². The molecule has 53 heavy (non-hydrogen) atoms. The van der Waals surface area contributed by atoms with Crippen molar-refractivity contribution in [2.45, 2.75) is 99.5 Å². The van der Waals surface area contributed by atoms with Gasteiger partial charge in [0.2, 0.25) is 17.7 Å². The lowest BCUT2D eigenvalue weighted by Crippen LogP contribution is -2.58. The highest BCUT2D eigenvalue weighted by molar-refractivity contribution is 6.23. The zero-order chi connectivity index (χ0) is 37.9. The summed E-state index contributed by atoms with van der Waals surface area (Å²) in [4.78, 5) is 65.1. The van der Waals surface area contributed by atoms with Crippen LogP contribution in [-0.4, -0.2) is 121 Å². The molecule has 5 fully saturated rings. The van der Waals surface area contributed by atoms with Gasteiger partial charge in [0.25, 0.3) is 11.8 Å². The number of ether oxygens (including phenoxy) is 1. The molecule has 1 spiro atoms. The van der Waals surface area contributed by atoms with Crippen LogP contribution in [0.25, 0.3) is 0 Å². The molecule has 4 amide bonds. The number of tetrazole rings is 1. The number of carbonyl (C=O) groups is 5. The molecule has 6 aliphatic rings. The number of nitrogens with zero attached hydrogens (tertiary/aromatic N) is 7. The van der Waals surface area contributed by atoms with Crippen molar-refractivity contribution < 1.29 is 55.8 Å². The maximum Gasteiger partial charge on any atom is 0.490 e. The van der Waals surface area contributed by atoms with E-state index in [9.17, 15) is 41.1 Å². The highest BCUT2D eigenvalue weighted by atomic mass is 19.4. The number of piperidine rings is 1. The van der Waals surface area contributed by atoms with Gasteiger partial charge in [-0.1, -0.05) is 0 Å². The molecule has 2 atom stereocenters. The van der Waals surface area contributed by atoms with Gasteiger partial charge >= 0.3 is 12.1 Å². The number of alkyl halides is 5. The smallest absolute Gasteiger partial charge is 0.475 e. The maximum absolute atomic E-state index is 14.0. The average Bonchev–Trinajstić information content (AvgIpc) is 3.81. The lowest BCUT2D eigenvalue weighted by molar-refractivity contribution is -0.192. The monoisotopic (exact) mass is 752 g/mol. The van der Waals surface area contributed by atoms with Crippen LogP contribution in [0.2, 0.25) is 0 Å². The van der Waals surface area contributed by atoms with Crippen molar-refractivity contribution >= 4 is 35.3 Å². The fourth-order valence-electron chi connectivity index (χ4n) is 8.35. The normalized spacial score (nSPS) is 27.3. The van der Waals surface area contributed by atoms with Crippen LogP contribution in [0, 0.1) is 0 Å². The van der Waals surface area contributed by atoms with E-state index >= 15 is 0 Å². The summed E-state index contributed by atoms with van der Waals surface area (Å²) < 4.78 is 68.0. The molecule has 2 unspecified atom stereocenters. The summed E-state index contributed by atoms with van der Waals surface area (Å²) in [7, 11) is 0. The summed E-state index contributed by atoms with van der Waals surface area (Å²) in [6.07, 6.45) is -0.825. The second kappa shape index (κ2) is 13.4. The minimum Gasteiger partial charge on any atom is -0.475 e. The third-order valence-electron chi connectivity index (χ3n) is 11.4. The number of halogens is 5. The predicted octanol–water partition coefficient (Wildman–Crippen LogP) is 2.82. The molecule has 1 aromatic heterocycles. The van der Waals surface area contributed by atoms with Gasteiger partial charge in [-0.05, 0) is 67.2 Å². The average molecular weight is 753 g/mol. The summed E-state index contributed by atoms with van der Waals surface area (Å²) in [5.41, 5.74) is 0.495. The second-order valence-electron chi connectivity index (χ2n) is 14.5. The quantitative estimate of drug-likeness (QED) is 0.338. The van der Waals surface area contributed by atoms with Crippen molar-refractivity contribution in [3.8, 4) is 0 Å². The highest BCUT2D eigenvalue weighted by Gasteiger charge is 2.59. The fourth-order valence-corrected chi connectivity index (χ4v) is 8.35. The van der Waals surface area contributed by atoms with E-state index in [1.165, 1.54) is 0 Å². The number of amides is 4. The first kappa shape index (κ1) is 36.8. The van der Waals surface area contributed by atoms with Gasteiger partial charge in [0.05, 0.1) is 29.4 Å². The Morgan fingerprint density at radius 1 is 0.943 bits per heavy atom. The topological polar surface area (TPSA) is 180 Å². The Balaban J connectivity index is 0.000000568. The summed E-state index contributed by atoms with van der Waals surface area (Å²) in [5.74, 6) is -6.83. The molecular weight excluding hydrogens is 715 g/mol. The Morgan fingerprint density at radius 3 is 2.19 bits per heavy atom. The van der Waals surface area contributed by atoms with Crippen molar-refractivity contribution in [2.24, 2.45) is 0 Å². The number of nitrogens with one attached hydrogen (secondary N) is 1. The van der Waals surface area contributed by atoms with Crippen LogP contribution in [0.15, 0.2) is 18.2 Å². The van der Waals surface area contributed by atoms with Crippen LogP contribution in [0.1, 0.15) is 96.8 Å². The molecule has 20 heteroatoms. The Bertz CT molecular complexity index is 1820. The van der Waals surface area contributed by atoms with Crippen molar-refractivity contribution in [3.63, 3.8) is 0 Å². The molecule has 5 heterocycles. The van der Waals surface area contributed by atoms with Crippen LogP contribution in [0.3, 0.4) is 0 Å². The SMILES string of the molecule is O=C(O)C(F)(F)F.O=C1CCC(N2C(=O)c3ccc(N4CCN(C5(c6nnnn6C6CCC(F)(F)CC6)COC6(CCC6)C5)CC4)cc3C2=O)C(=O)N1. The van der Waals surface area contributed by atoms with Crippen molar-refractivity contribution in [3.05, 3.63) is 35.2 Å². The molecule has 8 rings (SSSR count). The Hall–Kier alpha value is -4.59.